The second-order valence-electron chi connectivity index (χ2n) is 6.04. The zero-order valence-electron chi connectivity index (χ0n) is 13.1. The Morgan fingerprint density at radius 1 is 1.38 bits per heavy atom. The smallest absolute Gasteiger partial charge is 0.251 e. The molecule has 0 saturated carbocycles. The summed E-state index contributed by atoms with van der Waals surface area (Å²) >= 11 is 0. The summed E-state index contributed by atoms with van der Waals surface area (Å²) in [6, 6.07) is 0. The number of carbonyl (C=O) groups is 3. The van der Waals surface area contributed by atoms with E-state index in [1.807, 2.05) is 0 Å². The van der Waals surface area contributed by atoms with Crippen molar-refractivity contribution in [3.05, 3.63) is 0 Å². The van der Waals surface area contributed by atoms with E-state index in [0.717, 1.165) is 4.90 Å². The second kappa shape index (κ2) is 7.84. The van der Waals surface area contributed by atoms with Gasteiger partial charge in [-0.05, 0) is 12.8 Å². The third kappa shape index (κ3) is 4.60. The van der Waals surface area contributed by atoms with Gasteiger partial charge in [0, 0.05) is 26.2 Å². The SMILES string of the molecule is O=CCNC(=O)C1CN(CC(F)F)CC2(CCN(C(=O)[O-])CC2)O1. The molecule has 2 fully saturated rings. The van der Waals surface area contributed by atoms with Crippen molar-refractivity contribution in [2.45, 2.75) is 31.0 Å². The zero-order chi connectivity index (χ0) is 17.7. The Morgan fingerprint density at radius 2 is 2.04 bits per heavy atom. The van der Waals surface area contributed by atoms with Crippen molar-refractivity contribution in [3.8, 4) is 0 Å². The number of nitrogens with one attached hydrogen (secondary N) is 1. The molecule has 2 heterocycles. The molecular formula is C14H20F2N3O5-. The number of ether oxygens (including phenoxy) is 1. The Labute approximate surface area is 137 Å². The Kier molecular flexibility index (Phi) is 6.05. The van der Waals surface area contributed by atoms with Crippen molar-refractivity contribution in [3.63, 3.8) is 0 Å². The molecule has 0 aromatic rings. The first kappa shape index (κ1) is 18.5. The Balaban J connectivity index is 2.07. The lowest BCUT2D eigenvalue weighted by atomic mass is 9.88. The van der Waals surface area contributed by atoms with Crippen LogP contribution in [-0.4, -0.2) is 85.5 Å². The molecule has 8 nitrogen and oxygen atoms in total. The van der Waals surface area contributed by atoms with Gasteiger partial charge in [-0.3, -0.25) is 9.69 Å². The Hall–Kier alpha value is -1.81. The highest BCUT2D eigenvalue weighted by atomic mass is 19.3. The highest BCUT2D eigenvalue weighted by molar-refractivity contribution is 5.83. The first-order valence-corrected chi connectivity index (χ1v) is 7.71. The van der Waals surface area contributed by atoms with Crippen LogP contribution >= 0.6 is 0 Å². The van der Waals surface area contributed by atoms with Crippen LogP contribution in [0.4, 0.5) is 13.6 Å². The summed E-state index contributed by atoms with van der Waals surface area (Å²) < 4.78 is 31.4. The first-order chi connectivity index (χ1) is 11.3. The number of halogens is 2. The molecule has 1 N–H and O–H groups in total. The van der Waals surface area contributed by atoms with E-state index in [1.54, 1.807) is 0 Å². The Bertz CT molecular complexity index is 483. The lowest BCUT2D eigenvalue weighted by molar-refractivity contribution is -0.269. The number of likely N-dealkylation sites (tertiary alicyclic amines) is 1. The van der Waals surface area contributed by atoms with Crippen molar-refractivity contribution >= 4 is 18.3 Å². The number of amides is 2. The average Bonchev–Trinajstić information content (AvgIpc) is 2.51. The number of alkyl halides is 2. The molecule has 0 aliphatic carbocycles. The van der Waals surface area contributed by atoms with E-state index >= 15 is 0 Å². The number of carboxylic acid groups (broad SMARTS) is 1. The van der Waals surface area contributed by atoms with E-state index in [2.05, 4.69) is 5.32 Å². The summed E-state index contributed by atoms with van der Waals surface area (Å²) in [5.41, 5.74) is -0.859. The molecule has 2 aliphatic rings. The van der Waals surface area contributed by atoms with Gasteiger partial charge in [0.15, 0.2) is 0 Å². The fourth-order valence-electron chi connectivity index (χ4n) is 3.18. The average molecular weight is 348 g/mol. The van der Waals surface area contributed by atoms with Crippen LogP contribution in [0, 0.1) is 0 Å². The molecule has 2 rings (SSSR count). The maximum Gasteiger partial charge on any atom is 0.251 e. The van der Waals surface area contributed by atoms with Crippen molar-refractivity contribution < 1.29 is 33.0 Å². The van der Waals surface area contributed by atoms with Gasteiger partial charge in [0.25, 0.3) is 12.3 Å². The van der Waals surface area contributed by atoms with Crippen molar-refractivity contribution in [1.29, 1.82) is 0 Å². The van der Waals surface area contributed by atoms with E-state index in [-0.39, 0.29) is 45.6 Å². The summed E-state index contributed by atoms with van der Waals surface area (Å²) in [5, 5.41) is 13.3. The van der Waals surface area contributed by atoms with E-state index in [0.29, 0.717) is 6.29 Å². The summed E-state index contributed by atoms with van der Waals surface area (Å²) in [4.78, 5) is 35.9. The number of piperidine rings is 1. The molecule has 2 amide bonds. The molecule has 24 heavy (non-hydrogen) atoms. The van der Waals surface area contributed by atoms with Crippen LogP contribution < -0.4 is 10.4 Å². The van der Waals surface area contributed by atoms with Crippen LogP contribution in [0.2, 0.25) is 0 Å². The molecule has 2 saturated heterocycles. The number of hydrogen-bond acceptors (Lipinski definition) is 6. The molecule has 2 aliphatic heterocycles. The molecule has 1 spiro atoms. The minimum atomic E-state index is -2.55. The lowest BCUT2D eigenvalue weighted by Crippen LogP contribution is -2.63. The van der Waals surface area contributed by atoms with E-state index in [1.165, 1.54) is 4.90 Å². The van der Waals surface area contributed by atoms with Gasteiger partial charge in [0.1, 0.15) is 18.5 Å². The molecule has 1 atom stereocenters. The highest BCUT2D eigenvalue weighted by Crippen LogP contribution is 2.32. The number of nitrogens with zero attached hydrogens (tertiary/aromatic N) is 2. The molecule has 10 heteroatoms. The number of morpholine rings is 1. The molecule has 1 unspecified atom stereocenters. The van der Waals surface area contributed by atoms with Crippen LogP contribution in [0.15, 0.2) is 0 Å². The minimum Gasteiger partial charge on any atom is -0.530 e. The fraction of sp³-hybridized carbons (Fsp3) is 0.786. The van der Waals surface area contributed by atoms with Crippen molar-refractivity contribution in [2.75, 3.05) is 39.3 Å². The van der Waals surface area contributed by atoms with Crippen LogP contribution in [-0.2, 0) is 14.3 Å². The summed E-state index contributed by atoms with van der Waals surface area (Å²) in [5.74, 6) is -0.539. The zero-order valence-corrected chi connectivity index (χ0v) is 13.1. The predicted octanol–water partition coefficient (Wildman–Crippen LogP) is -1.55. The minimum absolute atomic E-state index is 0.000973. The Morgan fingerprint density at radius 3 is 2.58 bits per heavy atom. The van der Waals surface area contributed by atoms with Gasteiger partial charge < -0.3 is 29.6 Å². The standard InChI is InChI=1S/C14H21F2N3O5/c15-11(16)8-18-7-10(12(21)17-3-6-20)24-14(9-18)1-4-19(5-2-14)13(22)23/h6,10-11H,1-5,7-9H2,(H,17,21)(H,22,23)/p-1. The normalized spacial score (nSPS) is 24.1. The summed E-state index contributed by atoms with van der Waals surface area (Å²) in [7, 11) is 0. The number of hydrogen-bond donors (Lipinski definition) is 1. The van der Waals surface area contributed by atoms with Crippen molar-refractivity contribution in [2.24, 2.45) is 0 Å². The third-order valence-corrected chi connectivity index (χ3v) is 4.31. The molecular weight excluding hydrogens is 328 g/mol. The van der Waals surface area contributed by atoms with Gasteiger partial charge >= 0.3 is 0 Å². The molecule has 0 bridgehead atoms. The molecule has 0 aromatic heterocycles. The quantitative estimate of drug-likeness (QED) is 0.603. The molecule has 136 valence electrons. The highest BCUT2D eigenvalue weighted by Gasteiger charge is 2.45. The number of rotatable bonds is 5. The number of carbonyl (C=O) groups excluding carboxylic acids is 3. The first-order valence-electron chi connectivity index (χ1n) is 7.71. The van der Waals surface area contributed by atoms with Crippen LogP contribution in [0.1, 0.15) is 12.8 Å². The van der Waals surface area contributed by atoms with E-state index < -0.39 is 36.7 Å². The second-order valence-corrected chi connectivity index (χ2v) is 6.04. The van der Waals surface area contributed by atoms with Gasteiger partial charge in [0.05, 0.1) is 18.7 Å². The topological polar surface area (TPSA) is 102 Å². The fourth-order valence-corrected chi connectivity index (χ4v) is 3.18. The largest absolute Gasteiger partial charge is 0.530 e. The summed E-state index contributed by atoms with van der Waals surface area (Å²) in [6.07, 6.45) is -3.72. The third-order valence-electron chi connectivity index (χ3n) is 4.31. The lowest BCUT2D eigenvalue weighted by Gasteiger charge is -2.49. The van der Waals surface area contributed by atoms with E-state index in [9.17, 15) is 28.3 Å². The van der Waals surface area contributed by atoms with E-state index in [4.69, 9.17) is 4.74 Å². The summed E-state index contributed by atoms with van der Waals surface area (Å²) in [6.45, 7) is -0.149. The van der Waals surface area contributed by atoms with Crippen LogP contribution in [0.5, 0.6) is 0 Å². The maximum absolute atomic E-state index is 12.8. The monoisotopic (exact) mass is 348 g/mol. The van der Waals surface area contributed by atoms with Gasteiger partial charge in [-0.1, -0.05) is 0 Å². The molecule has 0 radical (unpaired) electrons. The predicted molar refractivity (Wildman–Crippen MR) is 75.3 cm³/mol. The van der Waals surface area contributed by atoms with Crippen molar-refractivity contribution in [1.82, 2.24) is 15.1 Å². The van der Waals surface area contributed by atoms with Crippen LogP contribution in [0.3, 0.4) is 0 Å². The molecule has 0 aromatic carbocycles. The van der Waals surface area contributed by atoms with Crippen LogP contribution in [0.25, 0.3) is 0 Å². The van der Waals surface area contributed by atoms with Gasteiger partial charge in [-0.15, -0.1) is 0 Å². The van der Waals surface area contributed by atoms with Gasteiger partial charge in [-0.2, -0.15) is 0 Å². The maximum atomic E-state index is 12.8. The van der Waals surface area contributed by atoms with Gasteiger partial charge in [-0.25, -0.2) is 8.78 Å². The van der Waals surface area contributed by atoms with Gasteiger partial charge in [0.2, 0.25) is 0 Å². The number of aldehydes is 1.